The predicted molar refractivity (Wildman–Crippen MR) is 137 cm³/mol. The molecule has 8 nitrogen and oxygen atoms in total. The van der Waals surface area contributed by atoms with Crippen LogP contribution in [0.1, 0.15) is 42.5 Å². The number of aromatic nitrogens is 1. The zero-order valence-corrected chi connectivity index (χ0v) is 20.7. The van der Waals surface area contributed by atoms with Crippen LogP contribution >= 0.6 is 0 Å². The molecule has 3 aromatic rings. The summed E-state index contributed by atoms with van der Waals surface area (Å²) in [6.07, 6.45) is 3.90. The van der Waals surface area contributed by atoms with Gasteiger partial charge in [-0.15, -0.1) is 0 Å². The number of aryl methyl sites for hydroxylation is 1. The van der Waals surface area contributed by atoms with Crippen LogP contribution < -0.4 is 10.9 Å². The van der Waals surface area contributed by atoms with E-state index in [1.165, 1.54) is 5.56 Å². The Kier molecular flexibility index (Phi) is 7.18. The van der Waals surface area contributed by atoms with Crippen LogP contribution in [0.5, 0.6) is 0 Å². The Morgan fingerprint density at radius 1 is 1.11 bits per heavy atom. The molecule has 2 fully saturated rings. The van der Waals surface area contributed by atoms with E-state index in [0.717, 1.165) is 64.1 Å². The van der Waals surface area contributed by atoms with Gasteiger partial charge in [0, 0.05) is 37.1 Å². The lowest BCUT2D eigenvalue weighted by atomic mass is 9.80. The normalized spacial score (nSPS) is 18.8. The topological polar surface area (TPSA) is 105 Å². The highest BCUT2D eigenvalue weighted by Gasteiger charge is 2.45. The molecular weight excluding hydrogens is 458 g/mol. The molecule has 0 bridgehead atoms. The van der Waals surface area contributed by atoms with E-state index in [0.29, 0.717) is 22.2 Å². The van der Waals surface area contributed by atoms with Crippen molar-refractivity contribution in [1.29, 1.82) is 0 Å². The van der Waals surface area contributed by atoms with Gasteiger partial charge >= 0.3 is 5.63 Å². The molecule has 2 aliphatic rings. The highest BCUT2D eigenvalue weighted by atomic mass is 16.5. The molecule has 2 aromatic carbocycles. The zero-order valence-electron chi connectivity index (χ0n) is 20.7. The van der Waals surface area contributed by atoms with Gasteiger partial charge in [0.05, 0.1) is 24.3 Å². The molecule has 2 N–H and O–H groups in total. The van der Waals surface area contributed by atoms with Gasteiger partial charge in [-0.25, -0.2) is 4.79 Å². The Hall–Kier alpha value is -3.07. The largest absolute Gasteiger partial charge is 0.379 e. The summed E-state index contributed by atoms with van der Waals surface area (Å²) in [6, 6.07) is 13.2. The van der Waals surface area contributed by atoms with E-state index in [2.05, 4.69) is 27.5 Å². The Balaban J connectivity index is 1.38. The maximum absolute atomic E-state index is 13.6. The number of nitrogens with one attached hydrogen (secondary N) is 1. The van der Waals surface area contributed by atoms with Crippen molar-refractivity contribution in [3.8, 4) is 0 Å². The first kappa shape index (κ1) is 24.6. The molecule has 1 saturated heterocycles. The molecule has 0 radical (unpaired) electrons. The number of hydrogen-bond acceptors (Lipinski definition) is 7. The molecule has 1 atom stereocenters. The van der Waals surface area contributed by atoms with Gasteiger partial charge in [-0.05, 0) is 55.0 Å². The van der Waals surface area contributed by atoms with Crippen molar-refractivity contribution < 1.29 is 19.2 Å². The third-order valence-corrected chi connectivity index (χ3v) is 7.55. The van der Waals surface area contributed by atoms with Crippen LogP contribution in [0.3, 0.4) is 0 Å². The minimum absolute atomic E-state index is 0.115. The third-order valence-electron chi connectivity index (χ3n) is 7.55. The van der Waals surface area contributed by atoms with Crippen molar-refractivity contribution in [2.75, 3.05) is 31.6 Å². The summed E-state index contributed by atoms with van der Waals surface area (Å²) in [4.78, 5) is 28.0. The maximum atomic E-state index is 13.6. The summed E-state index contributed by atoms with van der Waals surface area (Å²) >= 11 is 0. The average molecular weight is 492 g/mol. The number of aliphatic hydroxyl groups is 1. The molecule has 1 aliphatic carbocycles. The van der Waals surface area contributed by atoms with E-state index in [1.54, 1.807) is 25.1 Å². The summed E-state index contributed by atoms with van der Waals surface area (Å²) in [5, 5.41) is 19.6. The molecule has 8 heteroatoms. The Morgan fingerprint density at radius 3 is 2.64 bits per heavy atom. The van der Waals surface area contributed by atoms with Crippen molar-refractivity contribution in [2.45, 2.75) is 51.2 Å². The molecule has 190 valence electrons. The number of fused-ring (bicyclic) bond motifs is 1. The summed E-state index contributed by atoms with van der Waals surface area (Å²) in [7, 11) is 0. The average Bonchev–Trinajstić information content (AvgIpc) is 3.43. The van der Waals surface area contributed by atoms with Crippen LogP contribution in [0.15, 0.2) is 51.8 Å². The first-order valence-electron chi connectivity index (χ1n) is 12.7. The van der Waals surface area contributed by atoms with Gasteiger partial charge in [0.25, 0.3) is 5.91 Å². The van der Waals surface area contributed by atoms with Gasteiger partial charge in [-0.1, -0.05) is 42.3 Å². The number of morpholine rings is 1. The molecule has 36 heavy (non-hydrogen) atoms. The monoisotopic (exact) mass is 491 g/mol. The van der Waals surface area contributed by atoms with Gasteiger partial charge in [0.15, 0.2) is 0 Å². The Bertz CT molecular complexity index is 1290. The molecule has 0 spiro atoms. The molecular formula is C28H33N3O5. The third kappa shape index (κ3) is 5.21. The van der Waals surface area contributed by atoms with Crippen molar-refractivity contribution >= 4 is 22.4 Å². The second-order valence-electron chi connectivity index (χ2n) is 10.1. The fourth-order valence-electron chi connectivity index (χ4n) is 5.53. The SMILES string of the molecule is Cc1noc(=O)c2ccc(NC(=O)C(O)(Cc3cccc(CN4CCOCC4)c3)C3CCCC3)cc12. The number of ether oxygens (including phenoxy) is 1. The van der Waals surface area contributed by atoms with Gasteiger partial charge < -0.3 is 19.7 Å². The van der Waals surface area contributed by atoms with Crippen LogP contribution in [-0.2, 0) is 22.5 Å². The number of benzene rings is 2. The zero-order chi connectivity index (χ0) is 25.1. The lowest BCUT2D eigenvalue weighted by Crippen LogP contribution is -2.50. The van der Waals surface area contributed by atoms with Crippen molar-refractivity contribution in [2.24, 2.45) is 5.92 Å². The quantitative estimate of drug-likeness (QED) is 0.522. The van der Waals surface area contributed by atoms with E-state index >= 15 is 0 Å². The van der Waals surface area contributed by atoms with Crippen LogP contribution in [0.2, 0.25) is 0 Å². The number of carbonyl (C=O) groups excluding carboxylic acids is 1. The minimum atomic E-state index is -1.54. The summed E-state index contributed by atoms with van der Waals surface area (Å²) < 4.78 is 10.2. The standard InChI is InChI=1S/C28H33N3O5/c1-19-25-16-23(9-10-24(25)26(32)36-30-19)29-27(33)28(34,22-7-2-3-8-22)17-20-5-4-6-21(15-20)18-31-11-13-35-14-12-31/h4-6,9-10,15-16,22,34H,2-3,7-8,11-14,17-18H2,1H3,(H,29,33). The lowest BCUT2D eigenvalue weighted by molar-refractivity contribution is -0.139. The second-order valence-corrected chi connectivity index (χ2v) is 10.1. The van der Waals surface area contributed by atoms with Crippen molar-refractivity contribution in [3.63, 3.8) is 0 Å². The molecule has 1 saturated carbocycles. The smallest absolute Gasteiger partial charge is 0.366 e. The molecule has 1 unspecified atom stereocenters. The summed E-state index contributed by atoms with van der Waals surface area (Å²) in [6.45, 7) is 5.87. The number of carbonyl (C=O) groups is 1. The van der Waals surface area contributed by atoms with Crippen LogP contribution in [0.4, 0.5) is 5.69 Å². The van der Waals surface area contributed by atoms with E-state index in [9.17, 15) is 14.7 Å². The fraction of sp³-hybridized carbons (Fsp3) is 0.464. The number of rotatable bonds is 7. The highest BCUT2D eigenvalue weighted by Crippen LogP contribution is 2.37. The maximum Gasteiger partial charge on any atom is 0.366 e. The van der Waals surface area contributed by atoms with Crippen LogP contribution in [-0.4, -0.2) is 53.0 Å². The number of amides is 1. The van der Waals surface area contributed by atoms with Gasteiger partial charge in [-0.3, -0.25) is 9.69 Å². The highest BCUT2D eigenvalue weighted by molar-refractivity contribution is 5.99. The first-order chi connectivity index (χ1) is 17.4. The van der Waals surface area contributed by atoms with Gasteiger partial charge in [0.2, 0.25) is 0 Å². The lowest BCUT2D eigenvalue weighted by Gasteiger charge is -2.33. The molecule has 2 heterocycles. The fourth-order valence-corrected chi connectivity index (χ4v) is 5.53. The predicted octanol–water partition coefficient (Wildman–Crippen LogP) is 3.43. The molecule has 1 aromatic heterocycles. The Labute approximate surface area is 210 Å². The van der Waals surface area contributed by atoms with Crippen molar-refractivity contribution in [1.82, 2.24) is 10.1 Å². The van der Waals surface area contributed by atoms with Crippen LogP contribution in [0, 0.1) is 12.8 Å². The van der Waals surface area contributed by atoms with E-state index < -0.39 is 17.1 Å². The summed E-state index contributed by atoms with van der Waals surface area (Å²) in [5.74, 6) is -0.530. The van der Waals surface area contributed by atoms with Gasteiger partial charge in [-0.2, -0.15) is 0 Å². The molecule has 1 aliphatic heterocycles. The Morgan fingerprint density at radius 2 is 1.86 bits per heavy atom. The summed E-state index contributed by atoms with van der Waals surface area (Å²) in [5.41, 5.74) is 1.13. The number of anilines is 1. The number of nitrogens with zero attached hydrogens (tertiary/aromatic N) is 2. The van der Waals surface area contributed by atoms with Crippen LogP contribution in [0.25, 0.3) is 10.8 Å². The van der Waals surface area contributed by atoms with E-state index in [4.69, 9.17) is 9.26 Å². The van der Waals surface area contributed by atoms with Gasteiger partial charge in [0.1, 0.15) is 5.60 Å². The minimum Gasteiger partial charge on any atom is -0.379 e. The number of hydrogen-bond donors (Lipinski definition) is 2. The molecule has 1 amide bonds. The second kappa shape index (κ2) is 10.5. The van der Waals surface area contributed by atoms with E-state index in [-0.39, 0.29) is 12.3 Å². The van der Waals surface area contributed by atoms with E-state index in [1.807, 2.05) is 12.1 Å². The molecule has 5 rings (SSSR count). The van der Waals surface area contributed by atoms with Crippen molar-refractivity contribution in [3.05, 3.63) is 69.7 Å². The first-order valence-corrected chi connectivity index (χ1v) is 12.7.